The lowest BCUT2D eigenvalue weighted by Crippen LogP contribution is -2.53. The number of sulfonamides is 1. The normalized spacial score (nSPS) is 13.1. The molecular weight excluding hydrogens is 521 g/mol. The third-order valence-corrected chi connectivity index (χ3v) is 7.89. The van der Waals surface area contributed by atoms with Crippen LogP contribution in [0.5, 0.6) is 0 Å². The van der Waals surface area contributed by atoms with Gasteiger partial charge in [-0.15, -0.1) is 0 Å². The number of halogens is 2. The molecule has 2 atom stereocenters. The first-order valence-corrected chi connectivity index (χ1v) is 14.5. The molecule has 0 aliphatic heterocycles. The first-order valence-electron chi connectivity index (χ1n) is 11.9. The van der Waals surface area contributed by atoms with Gasteiger partial charge in [-0.3, -0.25) is 13.9 Å². The van der Waals surface area contributed by atoms with E-state index < -0.39 is 28.5 Å². The van der Waals surface area contributed by atoms with Gasteiger partial charge >= 0.3 is 0 Å². The summed E-state index contributed by atoms with van der Waals surface area (Å²) in [6, 6.07) is 9.47. The Bertz CT molecular complexity index is 1200. The summed E-state index contributed by atoms with van der Waals surface area (Å²) in [6.07, 6.45) is 2.14. The molecule has 0 spiro atoms. The van der Waals surface area contributed by atoms with Gasteiger partial charge in [0.2, 0.25) is 21.8 Å². The average molecular weight is 557 g/mol. The first kappa shape index (κ1) is 29.9. The zero-order valence-corrected chi connectivity index (χ0v) is 24.0. The van der Waals surface area contributed by atoms with E-state index in [2.05, 4.69) is 5.32 Å². The maximum atomic E-state index is 13.7. The van der Waals surface area contributed by atoms with E-state index in [-0.39, 0.29) is 18.5 Å². The van der Waals surface area contributed by atoms with Crippen LogP contribution in [0.25, 0.3) is 0 Å². The molecule has 0 unspecified atom stereocenters. The number of aryl methyl sites for hydroxylation is 2. The largest absolute Gasteiger partial charge is 0.352 e. The summed E-state index contributed by atoms with van der Waals surface area (Å²) in [5, 5.41) is 3.64. The second kappa shape index (κ2) is 12.8. The minimum atomic E-state index is -3.80. The summed E-state index contributed by atoms with van der Waals surface area (Å²) in [5.41, 5.74) is 2.80. The summed E-state index contributed by atoms with van der Waals surface area (Å²) in [4.78, 5) is 28.3. The topological polar surface area (TPSA) is 86.8 Å². The number of hydrogen-bond acceptors (Lipinski definition) is 4. The Morgan fingerprint density at radius 2 is 1.67 bits per heavy atom. The Kier molecular flexibility index (Phi) is 10.6. The summed E-state index contributed by atoms with van der Waals surface area (Å²) < 4.78 is 26.6. The molecule has 0 saturated carbocycles. The summed E-state index contributed by atoms with van der Waals surface area (Å²) in [6.45, 7) is 8.98. The second-order valence-electron chi connectivity index (χ2n) is 9.07. The van der Waals surface area contributed by atoms with Crippen LogP contribution in [0.1, 0.15) is 50.3 Å². The highest BCUT2D eigenvalue weighted by molar-refractivity contribution is 7.92. The highest BCUT2D eigenvalue weighted by Gasteiger charge is 2.32. The highest BCUT2D eigenvalue weighted by Crippen LogP contribution is 2.26. The lowest BCUT2D eigenvalue weighted by Gasteiger charge is -2.33. The lowest BCUT2D eigenvalue weighted by molar-refractivity contribution is -0.140. The fraction of sp³-hybridized carbons (Fsp3) is 0.462. The molecule has 2 rings (SSSR count). The van der Waals surface area contributed by atoms with Crippen molar-refractivity contribution in [2.75, 3.05) is 17.1 Å². The molecule has 0 aromatic heterocycles. The number of amides is 2. The van der Waals surface area contributed by atoms with Crippen molar-refractivity contribution < 1.29 is 18.0 Å². The van der Waals surface area contributed by atoms with Crippen molar-refractivity contribution >= 4 is 50.7 Å². The Morgan fingerprint density at radius 1 is 1.00 bits per heavy atom. The molecule has 2 aromatic rings. The minimum Gasteiger partial charge on any atom is -0.352 e. The molecule has 0 bridgehead atoms. The van der Waals surface area contributed by atoms with Gasteiger partial charge in [0.05, 0.1) is 22.0 Å². The molecule has 36 heavy (non-hydrogen) atoms. The molecule has 10 heteroatoms. The van der Waals surface area contributed by atoms with E-state index in [4.69, 9.17) is 23.2 Å². The van der Waals surface area contributed by atoms with Gasteiger partial charge in [-0.05, 0) is 62.9 Å². The van der Waals surface area contributed by atoms with Crippen LogP contribution in [0, 0.1) is 13.8 Å². The van der Waals surface area contributed by atoms with Crippen LogP contribution in [0.4, 0.5) is 5.69 Å². The highest BCUT2D eigenvalue weighted by atomic mass is 35.5. The predicted molar refractivity (Wildman–Crippen MR) is 147 cm³/mol. The summed E-state index contributed by atoms with van der Waals surface area (Å²) in [7, 11) is -3.80. The number of nitrogens with zero attached hydrogens (tertiary/aromatic N) is 2. The van der Waals surface area contributed by atoms with Crippen LogP contribution in [-0.4, -0.2) is 50.0 Å². The molecule has 2 amide bonds. The quantitative estimate of drug-likeness (QED) is 0.418. The number of anilines is 1. The van der Waals surface area contributed by atoms with Gasteiger partial charge in [0, 0.05) is 12.6 Å². The fourth-order valence-electron chi connectivity index (χ4n) is 3.88. The van der Waals surface area contributed by atoms with E-state index in [1.54, 1.807) is 37.3 Å². The number of carbonyl (C=O) groups is 2. The van der Waals surface area contributed by atoms with E-state index in [9.17, 15) is 18.0 Å². The van der Waals surface area contributed by atoms with Gasteiger partial charge in [0.25, 0.3) is 0 Å². The van der Waals surface area contributed by atoms with Crippen molar-refractivity contribution in [1.29, 1.82) is 0 Å². The summed E-state index contributed by atoms with van der Waals surface area (Å²) in [5.74, 6) is -0.796. The van der Waals surface area contributed by atoms with Gasteiger partial charge < -0.3 is 10.2 Å². The fourth-order valence-corrected chi connectivity index (χ4v) is 5.10. The molecule has 0 aliphatic carbocycles. The average Bonchev–Trinajstić information content (AvgIpc) is 2.79. The lowest BCUT2D eigenvalue weighted by atomic mass is 10.1. The number of nitrogens with one attached hydrogen (secondary N) is 1. The van der Waals surface area contributed by atoms with E-state index >= 15 is 0 Å². The van der Waals surface area contributed by atoms with Gasteiger partial charge in [-0.2, -0.15) is 0 Å². The molecule has 2 aromatic carbocycles. The van der Waals surface area contributed by atoms with Crippen molar-refractivity contribution in [2.24, 2.45) is 0 Å². The minimum absolute atomic E-state index is 0.0621. The van der Waals surface area contributed by atoms with Crippen LogP contribution in [0.2, 0.25) is 10.0 Å². The summed E-state index contributed by atoms with van der Waals surface area (Å²) >= 11 is 12.2. The van der Waals surface area contributed by atoms with Crippen LogP contribution in [0.3, 0.4) is 0 Å². The molecular formula is C26H35Cl2N3O4S. The number of benzene rings is 2. The molecule has 198 valence electrons. The van der Waals surface area contributed by atoms with E-state index in [1.165, 1.54) is 4.90 Å². The van der Waals surface area contributed by atoms with Crippen molar-refractivity contribution in [1.82, 2.24) is 10.2 Å². The third-order valence-electron chi connectivity index (χ3n) is 6.02. The van der Waals surface area contributed by atoms with E-state index in [0.717, 1.165) is 28.1 Å². The maximum Gasteiger partial charge on any atom is 0.244 e. The third kappa shape index (κ3) is 7.85. The van der Waals surface area contributed by atoms with Crippen molar-refractivity contribution in [3.63, 3.8) is 0 Å². The molecule has 0 fully saturated rings. The predicted octanol–water partition coefficient (Wildman–Crippen LogP) is 5.10. The van der Waals surface area contributed by atoms with Gasteiger partial charge in [-0.1, -0.05) is 60.8 Å². The zero-order valence-electron chi connectivity index (χ0n) is 21.6. The smallest absolute Gasteiger partial charge is 0.244 e. The van der Waals surface area contributed by atoms with E-state index in [1.807, 2.05) is 33.8 Å². The molecule has 0 saturated heterocycles. The Morgan fingerprint density at radius 3 is 2.19 bits per heavy atom. The molecule has 7 nitrogen and oxygen atoms in total. The zero-order chi connectivity index (χ0) is 27.2. The molecule has 1 N–H and O–H groups in total. The standard InChI is InChI=1S/C26H35Cl2N3O4S/c1-7-19(5)29-26(33)23(8-2)30(15-20-10-11-21(27)22(28)14-20)25(32)16-31(36(6,34)35)24-12-9-17(3)13-18(24)4/h9-14,19,23H,7-8,15-16H2,1-6H3,(H,29,33)/t19-,23-/m0/s1. The van der Waals surface area contributed by atoms with Gasteiger partial charge in [0.1, 0.15) is 12.6 Å². The van der Waals surface area contributed by atoms with Gasteiger partial charge in [0.15, 0.2) is 0 Å². The van der Waals surface area contributed by atoms with Crippen LogP contribution >= 0.6 is 23.2 Å². The van der Waals surface area contributed by atoms with E-state index in [0.29, 0.717) is 27.7 Å². The number of rotatable bonds is 11. The van der Waals surface area contributed by atoms with Crippen LogP contribution < -0.4 is 9.62 Å². The number of hydrogen-bond donors (Lipinski definition) is 1. The monoisotopic (exact) mass is 555 g/mol. The van der Waals surface area contributed by atoms with Crippen molar-refractivity contribution in [2.45, 2.75) is 66.1 Å². The maximum absolute atomic E-state index is 13.7. The SMILES string of the molecule is CC[C@H](C)NC(=O)[C@H](CC)N(Cc1ccc(Cl)c(Cl)c1)C(=O)CN(c1ccc(C)cc1C)S(C)(=O)=O. The molecule has 0 aliphatic rings. The van der Waals surface area contributed by atoms with Gasteiger partial charge in [-0.25, -0.2) is 8.42 Å². The Balaban J connectivity index is 2.50. The van der Waals surface area contributed by atoms with Crippen LogP contribution in [0.15, 0.2) is 36.4 Å². The Labute approximate surface area is 224 Å². The second-order valence-corrected chi connectivity index (χ2v) is 11.8. The molecule has 0 radical (unpaired) electrons. The Hall–Kier alpha value is -2.29. The number of carbonyl (C=O) groups excluding carboxylic acids is 2. The van der Waals surface area contributed by atoms with Crippen LogP contribution in [-0.2, 0) is 26.2 Å². The molecule has 0 heterocycles. The van der Waals surface area contributed by atoms with Crippen molar-refractivity contribution in [3.05, 3.63) is 63.1 Å². The van der Waals surface area contributed by atoms with Crippen molar-refractivity contribution in [3.8, 4) is 0 Å². The first-order chi connectivity index (χ1) is 16.8.